The minimum absolute atomic E-state index is 0.137. The van der Waals surface area contributed by atoms with Crippen molar-refractivity contribution in [1.29, 1.82) is 0 Å². The number of carbonyl (C=O) groups is 2. The number of rotatable bonds is 10. The Morgan fingerprint density at radius 2 is 1.85 bits per heavy atom. The molecule has 1 atom stereocenters. The second-order valence-electron chi connectivity index (χ2n) is 7.18. The minimum atomic E-state index is -3.79. The molecule has 0 heterocycles. The zero-order valence-electron chi connectivity index (χ0n) is 15.5. The molecule has 1 unspecified atom stereocenters. The van der Waals surface area contributed by atoms with Gasteiger partial charge in [0.2, 0.25) is 10.0 Å². The van der Waals surface area contributed by atoms with Gasteiger partial charge in [-0.15, -0.1) is 0 Å². The maximum Gasteiger partial charge on any atom is 0.312 e. The van der Waals surface area contributed by atoms with Gasteiger partial charge in [0.15, 0.2) is 0 Å². The van der Waals surface area contributed by atoms with Crippen LogP contribution in [0.3, 0.4) is 0 Å². The van der Waals surface area contributed by atoms with Crippen molar-refractivity contribution in [2.75, 3.05) is 12.9 Å². The summed E-state index contributed by atoms with van der Waals surface area (Å²) >= 11 is 0. The Bertz CT molecular complexity index is 741. The van der Waals surface area contributed by atoms with Gasteiger partial charge in [0.1, 0.15) is 0 Å². The molecule has 2 rings (SSSR count). The first-order valence-corrected chi connectivity index (χ1v) is 10.8. The van der Waals surface area contributed by atoms with Gasteiger partial charge in [0.25, 0.3) is 0 Å². The highest BCUT2D eigenvalue weighted by molar-refractivity contribution is 7.89. The number of carboxylic acids is 1. The molecule has 0 amide bonds. The van der Waals surface area contributed by atoms with E-state index >= 15 is 0 Å². The first-order valence-electron chi connectivity index (χ1n) is 9.10. The third-order valence-electron chi connectivity index (χ3n) is 5.02. The van der Waals surface area contributed by atoms with E-state index in [0.29, 0.717) is 19.3 Å². The van der Waals surface area contributed by atoms with E-state index in [1.54, 1.807) is 0 Å². The lowest BCUT2D eigenvalue weighted by atomic mass is 9.89. The zero-order valence-corrected chi connectivity index (χ0v) is 16.3. The number of carbonyl (C=O) groups excluding carboxylic acids is 1. The Labute approximate surface area is 160 Å². The van der Waals surface area contributed by atoms with E-state index in [-0.39, 0.29) is 18.6 Å². The molecular weight excluding hydrogens is 370 g/mol. The third-order valence-corrected chi connectivity index (χ3v) is 6.65. The molecule has 0 radical (unpaired) electrons. The van der Waals surface area contributed by atoms with E-state index in [4.69, 9.17) is 9.84 Å². The molecule has 0 spiro atoms. The molecule has 1 saturated carbocycles. The summed E-state index contributed by atoms with van der Waals surface area (Å²) in [6.45, 7) is 0. The van der Waals surface area contributed by atoms with Gasteiger partial charge in [0.05, 0.1) is 18.3 Å². The highest BCUT2D eigenvalue weighted by atomic mass is 32.2. The summed E-state index contributed by atoms with van der Waals surface area (Å²) in [5.74, 6) is -1.80. The quantitative estimate of drug-likeness (QED) is 0.585. The molecule has 1 fully saturated rings. The molecule has 0 aromatic heterocycles. The lowest BCUT2D eigenvalue weighted by molar-refractivity contribution is -0.151. The highest BCUT2D eigenvalue weighted by Gasteiger charge is 2.46. The predicted octanol–water partition coefficient (Wildman–Crippen LogP) is 2.12. The molecule has 1 aliphatic carbocycles. The Morgan fingerprint density at radius 1 is 1.22 bits per heavy atom. The minimum Gasteiger partial charge on any atom is -0.481 e. The van der Waals surface area contributed by atoms with E-state index < -0.39 is 33.4 Å². The van der Waals surface area contributed by atoms with E-state index in [1.807, 2.05) is 30.3 Å². The largest absolute Gasteiger partial charge is 0.481 e. The molecule has 2 N–H and O–H groups in total. The van der Waals surface area contributed by atoms with Gasteiger partial charge in [-0.2, -0.15) is 0 Å². The average molecular weight is 397 g/mol. The van der Waals surface area contributed by atoms with Crippen molar-refractivity contribution in [2.45, 2.75) is 51.0 Å². The SMILES string of the molecule is COC(=O)C1(CS(=O)(=O)NC(CCC(=O)O)Cc2ccccc2)CCCC1. The predicted molar refractivity (Wildman–Crippen MR) is 101 cm³/mol. The van der Waals surface area contributed by atoms with Gasteiger partial charge in [-0.1, -0.05) is 43.2 Å². The molecular formula is C19H27NO6S. The molecule has 7 nitrogen and oxygen atoms in total. The van der Waals surface area contributed by atoms with Crippen molar-refractivity contribution < 1.29 is 27.9 Å². The van der Waals surface area contributed by atoms with Gasteiger partial charge in [0, 0.05) is 12.5 Å². The van der Waals surface area contributed by atoms with Crippen LogP contribution in [0.5, 0.6) is 0 Å². The Morgan fingerprint density at radius 3 is 2.41 bits per heavy atom. The summed E-state index contributed by atoms with van der Waals surface area (Å²) in [5, 5.41) is 8.96. The summed E-state index contributed by atoms with van der Waals surface area (Å²) in [5.41, 5.74) is -0.0934. The molecule has 150 valence electrons. The maximum absolute atomic E-state index is 12.8. The van der Waals surface area contributed by atoms with Crippen molar-refractivity contribution in [2.24, 2.45) is 5.41 Å². The lowest BCUT2D eigenvalue weighted by Crippen LogP contribution is -2.45. The zero-order chi connectivity index (χ0) is 19.9. The van der Waals surface area contributed by atoms with Crippen LogP contribution in [0.25, 0.3) is 0 Å². The molecule has 0 saturated heterocycles. The van der Waals surface area contributed by atoms with E-state index in [1.165, 1.54) is 7.11 Å². The van der Waals surface area contributed by atoms with Crippen LogP contribution in [-0.2, 0) is 30.8 Å². The Hall–Kier alpha value is -1.93. The second-order valence-corrected chi connectivity index (χ2v) is 8.93. The van der Waals surface area contributed by atoms with Gasteiger partial charge in [-0.3, -0.25) is 9.59 Å². The topological polar surface area (TPSA) is 110 Å². The van der Waals surface area contributed by atoms with Gasteiger partial charge in [-0.05, 0) is 31.2 Å². The number of esters is 1. The third kappa shape index (κ3) is 6.32. The number of nitrogens with one attached hydrogen (secondary N) is 1. The van der Waals surface area contributed by atoms with Gasteiger partial charge in [-0.25, -0.2) is 13.1 Å². The van der Waals surface area contributed by atoms with Crippen LogP contribution in [0.2, 0.25) is 0 Å². The Balaban J connectivity index is 2.13. The number of hydrogen-bond donors (Lipinski definition) is 2. The van der Waals surface area contributed by atoms with Crippen LogP contribution in [0.4, 0.5) is 0 Å². The molecule has 27 heavy (non-hydrogen) atoms. The number of methoxy groups -OCH3 is 1. The summed E-state index contributed by atoms with van der Waals surface area (Å²) in [6, 6.07) is 8.75. The summed E-state index contributed by atoms with van der Waals surface area (Å²) < 4.78 is 33.1. The number of sulfonamides is 1. The normalized spacial score (nSPS) is 17.4. The standard InChI is InChI=1S/C19H27NO6S/c1-26-18(23)19(11-5-6-12-19)14-27(24,25)20-16(9-10-17(21)22)13-15-7-3-2-4-8-15/h2-4,7-8,16,20H,5-6,9-14H2,1H3,(H,21,22). The first kappa shape index (κ1) is 21.4. The van der Waals surface area contributed by atoms with Crippen molar-refractivity contribution in [3.63, 3.8) is 0 Å². The lowest BCUT2D eigenvalue weighted by Gasteiger charge is -2.27. The second kappa shape index (κ2) is 9.32. The number of carboxylic acid groups (broad SMARTS) is 1. The van der Waals surface area contributed by atoms with Crippen LogP contribution in [0.1, 0.15) is 44.1 Å². The van der Waals surface area contributed by atoms with Gasteiger partial charge >= 0.3 is 11.9 Å². The molecule has 1 aromatic rings. The molecule has 0 bridgehead atoms. The van der Waals surface area contributed by atoms with Crippen LogP contribution < -0.4 is 4.72 Å². The number of hydrogen-bond acceptors (Lipinski definition) is 5. The van der Waals surface area contributed by atoms with Crippen LogP contribution >= 0.6 is 0 Å². The van der Waals surface area contributed by atoms with Crippen LogP contribution in [0.15, 0.2) is 30.3 Å². The van der Waals surface area contributed by atoms with Crippen molar-refractivity contribution in [1.82, 2.24) is 4.72 Å². The fraction of sp³-hybridized carbons (Fsp3) is 0.579. The first-order chi connectivity index (χ1) is 12.8. The van der Waals surface area contributed by atoms with E-state index in [2.05, 4.69) is 4.72 Å². The smallest absolute Gasteiger partial charge is 0.312 e. The number of benzene rings is 1. The fourth-order valence-electron chi connectivity index (χ4n) is 3.73. The van der Waals surface area contributed by atoms with E-state index in [0.717, 1.165) is 18.4 Å². The maximum atomic E-state index is 12.8. The monoisotopic (exact) mass is 397 g/mol. The van der Waals surface area contributed by atoms with Crippen LogP contribution in [0, 0.1) is 5.41 Å². The van der Waals surface area contributed by atoms with Crippen molar-refractivity contribution in [3.05, 3.63) is 35.9 Å². The summed E-state index contributed by atoms with van der Waals surface area (Å²) in [6.07, 6.45) is 2.97. The molecule has 1 aromatic carbocycles. The van der Waals surface area contributed by atoms with E-state index in [9.17, 15) is 18.0 Å². The Kier molecular flexibility index (Phi) is 7.38. The highest BCUT2D eigenvalue weighted by Crippen LogP contribution is 2.40. The van der Waals surface area contributed by atoms with Crippen LogP contribution in [-0.4, -0.2) is 44.4 Å². The van der Waals surface area contributed by atoms with Crippen molar-refractivity contribution >= 4 is 22.0 Å². The summed E-state index contributed by atoms with van der Waals surface area (Å²) in [7, 11) is -2.52. The average Bonchev–Trinajstić information content (AvgIpc) is 3.08. The summed E-state index contributed by atoms with van der Waals surface area (Å²) in [4.78, 5) is 23.2. The number of ether oxygens (including phenoxy) is 1. The molecule has 1 aliphatic rings. The number of aliphatic carboxylic acids is 1. The van der Waals surface area contributed by atoms with Crippen molar-refractivity contribution in [3.8, 4) is 0 Å². The fourth-order valence-corrected chi connectivity index (χ4v) is 5.66. The molecule has 8 heteroatoms. The molecule has 0 aliphatic heterocycles. The van der Waals surface area contributed by atoms with Gasteiger partial charge < -0.3 is 9.84 Å².